The Kier molecular flexibility index (Phi) is 4.48. The number of rotatable bonds is 5. The van der Waals surface area contributed by atoms with E-state index < -0.39 is 8.07 Å². The maximum absolute atomic E-state index is 9.85. The minimum absolute atomic E-state index is 0.154. The Morgan fingerprint density at radius 3 is 2.67 bits per heavy atom. The van der Waals surface area contributed by atoms with Crippen molar-refractivity contribution in [2.75, 3.05) is 0 Å². The fourth-order valence-corrected chi connectivity index (χ4v) is 4.45. The summed E-state index contributed by atoms with van der Waals surface area (Å²) in [5.74, 6) is 0. The van der Waals surface area contributed by atoms with Crippen molar-refractivity contribution in [3.8, 4) is 0 Å². The van der Waals surface area contributed by atoms with Crippen LogP contribution < -0.4 is 5.32 Å². The molecule has 0 aliphatic rings. The van der Waals surface area contributed by atoms with E-state index in [0.29, 0.717) is 0 Å². The molecule has 15 heavy (non-hydrogen) atoms. The molecule has 0 saturated heterocycles. The topological polar surface area (TPSA) is 33.1 Å². The van der Waals surface area contributed by atoms with Gasteiger partial charge < -0.3 is 5.11 Å². The van der Waals surface area contributed by atoms with Crippen molar-refractivity contribution in [1.29, 1.82) is 0 Å². The number of hydrogen-bond acceptors (Lipinski definition) is 2. The molecule has 0 aliphatic carbocycles. The van der Waals surface area contributed by atoms with Gasteiger partial charge in [-0.3, -0.25) is 4.98 Å². The van der Waals surface area contributed by atoms with Crippen LogP contribution in [0.2, 0.25) is 19.1 Å². The summed E-state index contributed by atoms with van der Waals surface area (Å²) in [6.07, 6.45) is 3.65. The molecule has 0 amide bonds. The molecule has 84 valence electrons. The van der Waals surface area contributed by atoms with Gasteiger partial charge in [0.05, 0.1) is 6.10 Å². The van der Waals surface area contributed by atoms with Crippen molar-refractivity contribution in [3.63, 3.8) is 0 Å². The zero-order valence-corrected chi connectivity index (χ0v) is 10.9. The number of hydrogen-bond donors (Lipinski definition) is 1. The third-order valence-electron chi connectivity index (χ3n) is 2.73. The quantitative estimate of drug-likeness (QED) is 0.776. The smallest absolute Gasteiger partial charge is 0.107 e. The van der Waals surface area contributed by atoms with Crippen molar-refractivity contribution in [2.24, 2.45) is 0 Å². The van der Waals surface area contributed by atoms with Gasteiger partial charge in [0.25, 0.3) is 0 Å². The summed E-state index contributed by atoms with van der Waals surface area (Å²) in [6, 6.07) is 6.97. The molecule has 1 atom stereocenters. The number of aliphatic hydroxyl groups excluding tert-OH is 1. The molecule has 1 unspecified atom stereocenters. The molecule has 1 aromatic rings. The van der Waals surface area contributed by atoms with Gasteiger partial charge in [0, 0.05) is 11.5 Å². The van der Waals surface area contributed by atoms with Crippen LogP contribution in [0.1, 0.15) is 19.8 Å². The average Bonchev–Trinajstić information content (AvgIpc) is 2.18. The van der Waals surface area contributed by atoms with Gasteiger partial charge in [0.1, 0.15) is 8.07 Å². The normalized spacial score (nSPS) is 13.9. The Morgan fingerprint density at radius 1 is 1.40 bits per heavy atom. The van der Waals surface area contributed by atoms with Gasteiger partial charge >= 0.3 is 0 Å². The number of aliphatic hydroxyl groups is 1. The molecule has 3 heteroatoms. The van der Waals surface area contributed by atoms with Gasteiger partial charge in [-0.2, -0.15) is 0 Å². The van der Waals surface area contributed by atoms with Crippen LogP contribution in [0.15, 0.2) is 24.4 Å². The fraction of sp³-hybridized carbons (Fsp3) is 0.583. The van der Waals surface area contributed by atoms with Gasteiger partial charge in [-0.05, 0) is 24.6 Å². The predicted octanol–water partition coefficient (Wildman–Crippen LogP) is 2.16. The molecule has 0 aromatic carbocycles. The molecule has 1 heterocycles. The molecule has 0 fully saturated rings. The Hall–Kier alpha value is -0.673. The number of pyridine rings is 1. The summed E-state index contributed by atoms with van der Waals surface area (Å²) in [5.41, 5.74) is 0. The lowest BCUT2D eigenvalue weighted by Gasteiger charge is -2.24. The van der Waals surface area contributed by atoms with E-state index in [1.54, 1.807) is 0 Å². The minimum Gasteiger partial charge on any atom is -0.393 e. The molecule has 0 saturated carbocycles. The Labute approximate surface area is 93.4 Å². The van der Waals surface area contributed by atoms with Crippen LogP contribution in [-0.2, 0) is 0 Å². The lowest BCUT2D eigenvalue weighted by atomic mass is 10.2. The standard InChI is InChI=1S/C12H21NOSi/c1-4-7-11(14)10-15(2,3)12-8-5-6-9-13-12/h5-6,8-9,11,14H,4,7,10H2,1-3H3. The third kappa shape index (κ3) is 3.76. The minimum atomic E-state index is -1.54. The highest BCUT2D eigenvalue weighted by atomic mass is 28.3. The summed E-state index contributed by atoms with van der Waals surface area (Å²) in [7, 11) is -1.54. The van der Waals surface area contributed by atoms with E-state index in [0.717, 1.165) is 18.9 Å². The maximum Gasteiger partial charge on any atom is 0.107 e. The van der Waals surface area contributed by atoms with Gasteiger partial charge in [0.15, 0.2) is 0 Å². The molecule has 0 bridgehead atoms. The van der Waals surface area contributed by atoms with Gasteiger partial charge in [-0.25, -0.2) is 0 Å². The van der Waals surface area contributed by atoms with Crippen LogP contribution in [0, 0.1) is 0 Å². The lowest BCUT2D eigenvalue weighted by molar-refractivity contribution is 0.182. The van der Waals surface area contributed by atoms with E-state index >= 15 is 0 Å². The Balaban J connectivity index is 2.67. The van der Waals surface area contributed by atoms with Crippen LogP contribution in [0.25, 0.3) is 0 Å². The van der Waals surface area contributed by atoms with Crippen LogP contribution in [-0.4, -0.2) is 24.3 Å². The third-order valence-corrected chi connectivity index (χ3v) is 5.90. The SMILES string of the molecule is CCCC(O)C[Si](C)(C)c1ccccn1. The van der Waals surface area contributed by atoms with E-state index in [9.17, 15) is 5.11 Å². The predicted molar refractivity (Wildman–Crippen MR) is 67.1 cm³/mol. The number of nitrogens with zero attached hydrogens (tertiary/aromatic N) is 1. The first-order valence-corrected chi connectivity index (χ1v) is 8.86. The number of aromatic nitrogens is 1. The monoisotopic (exact) mass is 223 g/mol. The van der Waals surface area contributed by atoms with Crippen molar-refractivity contribution in [1.82, 2.24) is 4.98 Å². The fourth-order valence-electron chi connectivity index (χ4n) is 1.89. The first-order chi connectivity index (χ1) is 7.06. The van der Waals surface area contributed by atoms with E-state index in [1.165, 1.54) is 5.32 Å². The van der Waals surface area contributed by atoms with Crippen molar-refractivity contribution in [3.05, 3.63) is 24.4 Å². The maximum atomic E-state index is 9.85. The molecular formula is C12H21NOSi. The summed E-state index contributed by atoms with van der Waals surface area (Å²) in [4.78, 5) is 4.41. The first-order valence-electron chi connectivity index (χ1n) is 5.66. The second kappa shape index (κ2) is 5.42. The zero-order valence-electron chi connectivity index (χ0n) is 9.90. The molecule has 1 aromatic heterocycles. The highest BCUT2D eigenvalue weighted by Gasteiger charge is 2.27. The average molecular weight is 223 g/mol. The molecule has 2 nitrogen and oxygen atoms in total. The second-order valence-corrected chi connectivity index (χ2v) is 9.43. The molecule has 0 radical (unpaired) electrons. The molecule has 1 N–H and O–H groups in total. The van der Waals surface area contributed by atoms with Crippen molar-refractivity contribution < 1.29 is 5.11 Å². The second-order valence-electron chi connectivity index (χ2n) is 4.75. The Bertz CT molecular complexity index is 287. The summed E-state index contributed by atoms with van der Waals surface area (Å²) >= 11 is 0. The summed E-state index contributed by atoms with van der Waals surface area (Å²) < 4.78 is 0. The zero-order chi connectivity index (χ0) is 11.3. The highest BCUT2D eigenvalue weighted by molar-refractivity contribution is 6.89. The van der Waals surface area contributed by atoms with Crippen molar-refractivity contribution in [2.45, 2.75) is 45.0 Å². The van der Waals surface area contributed by atoms with Gasteiger partial charge in [-0.15, -0.1) is 0 Å². The van der Waals surface area contributed by atoms with Gasteiger partial charge in [0.2, 0.25) is 0 Å². The van der Waals surface area contributed by atoms with Crippen LogP contribution in [0.3, 0.4) is 0 Å². The largest absolute Gasteiger partial charge is 0.393 e. The molecule has 0 spiro atoms. The molecule has 1 rings (SSSR count). The van der Waals surface area contributed by atoms with Crippen LogP contribution >= 0.6 is 0 Å². The van der Waals surface area contributed by atoms with E-state index in [2.05, 4.69) is 31.1 Å². The highest BCUT2D eigenvalue weighted by Crippen LogP contribution is 2.14. The molecular weight excluding hydrogens is 202 g/mol. The van der Waals surface area contributed by atoms with Crippen LogP contribution in [0.4, 0.5) is 0 Å². The van der Waals surface area contributed by atoms with E-state index in [-0.39, 0.29) is 6.10 Å². The lowest BCUT2D eigenvalue weighted by Crippen LogP contribution is -2.45. The Morgan fingerprint density at radius 2 is 2.13 bits per heavy atom. The van der Waals surface area contributed by atoms with Crippen LogP contribution in [0.5, 0.6) is 0 Å². The summed E-state index contributed by atoms with van der Waals surface area (Å²) in [5, 5.41) is 11.0. The molecule has 0 aliphatic heterocycles. The van der Waals surface area contributed by atoms with E-state index in [1.807, 2.05) is 18.3 Å². The first kappa shape index (κ1) is 12.4. The van der Waals surface area contributed by atoms with Gasteiger partial charge in [-0.1, -0.05) is 32.5 Å². The van der Waals surface area contributed by atoms with E-state index in [4.69, 9.17) is 0 Å². The van der Waals surface area contributed by atoms with Crippen molar-refractivity contribution >= 4 is 13.4 Å². The summed E-state index contributed by atoms with van der Waals surface area (Å²) in [6.45, 7) is 6.65.